The van der Waals surface area contributed by atoms with Crippen LogP contribution in [0.5, 0.6) is 5.88 Å². The summed E-state index contributed by atoms with van der Waals surface area (Å²) in [6, 6.07) is 7.87. The van der Waals surface area contributed by atoms with Gasteiger partial charge in [-0.3, -0.25) is 0 Å². The second kappa shape index (κ2) is 7.70. The van der Waals surface area contributed by atoms with E-state index in [1.807, 2.05) is 18.2 Å². The third kappa shape index (κ3) is 4.38. The molecule has 0 aliphatic heterocycles. The summed E-state index contributed by atoms with van der Waals surface area (Å²) >= 11 is 0. The average molecular weight is 274 g/mol. The molecule has 4 nitrogen and oxygen atoms in total. The maximum Gasteiger partial charge on any atom is 0.214 e. The van der Waals surface area contributed by atoms with E-state index in [4.69, 9.17) is 9.15 Å². The van der Waals surface area contributed by atoms with Crippen LogP contribution in [0.25, 0.3) is 0 Å². The van der Waals surface area contributed by atoms with Crippen LogP contribution in [0.15, 0.2) is 34.9 Å². The zero-order valence-electron chi connectivity index (χ0n) is 12.2. The molecule has 0 aromatic carbocycles. The van der Waals surface area contributed by atoms with Crippen LogP contribution in [-0.2, 0) is 19.6 Å². The first-order valence-electron chi connectivity index (χ1n) is 7.17. The van der Waals surface area contributed by atoms with E-state index in [9.17, 15) is 0 Å². The molecule has 0 bridgehead atoms. The van der Waals surface area contributed by atoms with Crippen molar-refractivity contribution in [1.29, 1.82) is 0 Å². The van der Waals surface area contributed by atoms with Crippen LogP contribution in [0.3, 0.4) is 0 Å². The molecule has 0 saturated heterocycles. The highest BCUT2D eigenvalue weighted by Gasteiger charge is 2.04. The molecule has 2 aromatic rings. The van der Waals surface area contributed by atoms with Crippen molar-refractivity contribution in [3.8, 4) is 5.88 Å². The third-order valence-corrected chi connectivity index (χ3v) is 2.98. The Labute approximate surface area is 120 Å². The molecule has 2 heterocycles. The van der Waals surface area contributed by atoms with Gasteiger partial charge in [0.25, 0.3) is 0 Å². The Hall–Kier alpha value is -1.81. The molecule has 0 atom stereocenters. The number of aromatic nitrogens is 1. The molecular weight excluding hydrogens is 252 g/mol. The molecule has 0 radical (unpaired) electrons. The summed E-state index contributed by atoms with van der Waals surface area (Å²) in [5, 5.41) is 3.40. The lowest BCUT2D eigenvalue weighted by Gasteiger charge is -2.09. The van der Waals surface area contributed by atoms with Crippen molar-refractivity contribution in [2.75, 3.05) is 6.54 Å². The Morgan fingerprint density at radius 1 is 1.30 bits per heavy atom. The number of ether oxygens (including phenoxy) is 1. The summed E-state index contributed by atoms with van der Waals surface area (Å²) in [6.45, 7) is 6.54. The molecule has 0 unspecified atom stereocenters. The normalized spacial score (nSPS) is 10.7. The van der Waals surface area contributed by atoms with Gasteiger partial charge in [-0.15, -0.1) is 0 Å². The summed E-state index contributed by atoms with van der Waals surface area (Å²) in [7, 11) is 0. The van der Waals surface area contributed by atoms with E-state index in [1.165, 1.54) is 5.56 Å². The lowest BCUT2D eigenvalue weighted by Crippen LogP contribution is -2.14. The minimum Gasteiger partial charge on any atom is -0.469 e. The smallest absolute Gasteiger partial charge is 0.214 e. The number of nitrogens with one attached hydrogen (secondary N) is 1. The van der Waals surface area contributed by atoms with E-state index in [-0.39, 0.29) is 0 Å². The molecule has 0 aliphatic carbocycles. The summed E-state index contributed by atoms with van der Waals surface area (Å²) < 4.78 is 11.0. The molecule has 2 rings (SSSR count). The second-order valence-electron chi connectivity index (χ2n) is 4.70. The van der Waals surface area contributed by atoms with Gasteiger partial charge in [0, 0.05) is 18.3 Å². The van der Waals surface area contributed by atoms with Gasteiger partial charge in [0.1, 0.15) is 12.4 Å². The molecule has 0 fully saturated rings. The Bertz CT molecular complexity index is 509. The van der Waals surface area contributed by atoms with Crippen LogP contribution in [0, 0.1) is 0 Å². The Kier molecular flexibility index (Phi) is 5.62. The zero-order valence-corrected chi connectivity index (χ0v) is 12.2. The lowest BCUT2D eigenvalue weighted by molar-refractivity contribution is 0.259. The van der Waals surface area contributed by atoms with E-state index in [2.05, 4.69) is 30.2 Å². The topological polar surface area (TPSA) is 47.3 Å². The van der Waals surface area contributed by atoms with Crippen LogP contribution >= 0.6 is 0 Å². The summed E-state index contributed by atoms with van der Waals surface area (Å²) in [4.78, 5) is 4.49. The Morgan fingerprint density at radius 2 is 2.20 bits per heavy atom. The van der Waals surface area contributed by atoms with Gasteiger partial charge in [-0.2, -0.15) is 0 Å². The van der Waals surface area contributed by atoms with E-state index in [0.717, 1.165) is 37.4 Å². The quantitative estimate of drug-likeness (QED) is 0.750. The van der Waals surface area contributed by atoms with Crippen LogP contribution in [0.4, 0.5) is 0 Å². The highest BCUT2D eigenvalue weighted by Crippen LogP contribution is 2.15. The van der Waals surface area contributed by atoms with Crippen LogP contribution in [0.2, 0.25) is 0 Å². The largest absolute Gasteiger partial charge is 0.469 e. The average Bonchev–Trinajstić information content (AvgIpc) is 2.98. The first-order valence-corrected chi connectivity index (χ1v) is 7.17. The van der Waals surface area contributed by atoms with Crippen molar-refractivity contribution in [3.05, 3.63) is 47.5 Å². The fourth-order valence-corrected chi connectivity index (χ4v) is 1.93. The second-order valence-corrected chi connectivity index (χ2v) is 4.70. The van der Waals surface area contributed by atoms with Crippen LogP contribution < -0.4 is 10.1 Å². The number of hydrogen-bond donors (Lipinski definition) is 1. The number of hydrogen-bond acceptors (Lipinski definition) is 4. The number of furan rings is 1. The minimum atomic E-state index is 0.412. The summed E-state index contributed by atoms with van der Waals surface area (Å²) in [5.74, 6) is 1.47. The minimum absolute atomic E-state index is 0.412. The number of aryl methyl sites for hydroxylation is 1. The molecule has 20 heavy (non-hydrogen) atoms. The molecule has 0 saturated carbocycles. The van der Waals surface area contributed by atoms with Gasteiger partial charge in [0.15, 0.2) is 0 Å². The maximum atomic E-state index is 5.71. The summed E-state index contributed by atoms with van der Waals surface area (Å²) in [5.41, 5.74) is 2.26. The van der Waals surface area contributed by atoms with Crippen LogP contribution in [0.1, 0.15) is 37.3 Å². The molecule has 4 heteroatoms. The van der Waals surface area contributed by atoms with Gasteiger partial charge in [-0.1, -0.05) is 13.8 Å². The number of pyridine rings is 1. The Balaban J connectivity index is 2.01. The van der Waals surface area contributed by atoms with E-state index in [0.29, 0.717) is 12.5 Å². The zero-order chi connectivity index (χ0) is 14.2. The molecule has 0 spiro atoms. The van der Waals surface area contributed by atoms with Gasteiger partial charge in [-0.25, -0.2) is 4.98 Å². The SMILES string of the molecule is CCCNCc1cc(CC)nc(OCc2ccco2)c1. The molecule has 0 aliphatic rings. The third-order valence-electron chi connectivity index (χ3n) is 2.98. The number of nitrogens with zero attached hydrogens (tertiary/aromatic N) is 1. The van der Waals surface area contributed by atoms with E-state index in [1.54, 1.807) is 6.26 Å². The molecular formula is C16H22N2O2. The van der Waals surface area contributed by atoms with Gasteiger partial charge >= 0.3 is 0 Å². The summed E-state index contributed by atoms with van der Waals surface area (Å²) in [6.07, 6.45) is 3.68. The standard InChI is InChI=1S/C16H22N2O2/c1-3-7-17-11-13-9-14(4-2)18-16(10-13)20-12-15-6-5-8-19-15/h5-6,8-10,17H,3-4,7,11-12H2,1-2H3. The number of rotatable bonds is 8. The monoisotopic (exact) mass is 274 g/mol. The molecule has 108 valence electrons. The van der Waals surface area contributed by atoms with Crippen molar-refractivity contribution < 1.29 is 9.15 Å². The van der Waals surface area contributed by atoms with Gasteiger partial charge in [0.2, 0.25) is 5.88 Å². The van der Waals surface area contributed by atoms with Crippen molar-refractivity contribution in [1.82, 2.24) is 10.3 Å². The van der Waals surface area contributed by atoms with Crippen molar-refractivity contribution in [2.24, 2.45) is 0 Å². The highest BCUT2D eigenvalue weighted by atomic mass is 16.5. The van der Waals surface area contributed by atoms with E-state index >= 15 is 0 Å². The van der Waals surface area contributed by atoms with Gasteiger partial charge in [0.05, 0.1) is 6.26 Å². The fourth-order valence-electron chi connectivity index (χ4n) is 1.93. The van der Waals surface area contributed by atoms with Crippen molar-refractivity contribution in [3.63, 3.8) is 0 Å². The maximum absolute atomic E-state index is 5.71. The molecule has 1 N–H and O–H groups in total. The van der Waals surface area contributed by atoms with Crippen LogP contribution in [-0.4, -0.2) is 11.5 Å². The molecule has 2 aromatic heterocycles. The Morgan fingerprint density at radius 3 is 2.90 bits per heavy atom. The lowest BCUT2D eigenvalue weighted by atomic mass is 10.2. The first-order chi connectivity index (χ1) is 9.81. The first kappa shape index (κ1) is 14.6. The molecule has 0 amide bonds. The van der Waals surface area contributed by atoms with Crippen molar-refractivity contribution in [2.45, 2.75) is 39.8 Å². The predicted octanol–water partition coefficient (Wildman–Crippen LogP) is 3.32. The van der Waals surface area contributed by atoms with Gasteiger partial charge < -0.3 is 14.5 Å². The fraction of sp³-hybridized carbons (Fsp3) is 0.438. The highest BCUT2D eigenvalue weighted by molar-refractivity contribution is 5.25. The predicted molar refractivity (Wildman–Crippen MR) is 78.7 cm³/mol. The van der Waals surface area contributed by atoms with Crippen molar-refractivity contribution >= 4 is 0 Å². The van der Waals surface area contributed by atoms with E-state index < -0.39 is 0 Å². The van der Waals surface area contributed by atoms with Gasteiger partial charge in [-0.05, 0) is 43.1 Å².